The van der Waals surface area contributed by atoms with Crippen molar-refractivity contribution >= 4 is 38.4 Å². The molecule has 0 fully saturated rings. The van der Waals surface area contributed by atoms with Crippen molar-refractivity contribution < 1.29 is 22.7 Å². The van der Waals surface area contributed by atoms with Crippen LogP contribution in [0, 0.1) is 6.92 Å². The van der Waals surface area contributed by atoms with Crippen LogP contribution in [0.1, 0.15) is 22.8 Å². The molecule has 156 valence electrons. The number of carbonyl (C=O) groups excluding carboxylic acids is 2. The minimum absolute atomic E-state index is 0.0440. The summed E-state index contributed by atoms with van der Waals surface area (Å²) in [5.74, 6) is -1.18. The first-order chi connectivity index (χ1) is 14.2. The largest absolute Gasteiger partial charge is 0.452 e. The number of esters is 1. The van der Waals surface area contributed by atoms with Gasteiger partial charge in [0.15, 0.2) is 6.61 Å². The molecule has 0 aliphatic rings. The predicted molar refractivity (Wildman–Crippen MR) is 115 cm³/mol. The Morgan fingerprint density at radius 1 is 1.03 bits per heavy atom. The predicted octanol–water partition coefficient (Wildman–Crippen LogP) is 3.01. The molecule has 3 aromatic carbocycles. The van der Waals surface area contributed by atoms with Crippen molar-refractivity contribution in [1.29, 1.82) is 0 Å². The second kappa shape index (κ2) is 8.64. The molecule has 0 heterocycles. The van der Waals surface area contributed by atoms with Crippen LogP contribution in [0.25, 0.3) is 10.8 Å². The van der Waals surface area contributed by atoms with E-state index in [1.165, 1.54) is 12.1 Å². The highest BCUT2D eigenvalue weighted by Crippen LogP contribution is 2.27. The normalized spacial score (nSPS) is 11.3. The van der Waals surface area contributed by atoms with Gasteiger partial charge >= 0.3 is 5.97 Å². The van der Waals surface area contributed by atoms with Gasteiger partial charge in [0.2, 0.25) is 10.0 Å². The van der Waals surface area contributed by atoms with E-state index in [2.05, 4.69) is 0 Å². The van der Waals surface area contributed by atoms with Crippen LogP contribution >= 0.6 is 0 Å². The number of hydrogen-bond acceptors (Lipinski definition) is 5. The van der Waals surface area contributed by atoms with Crippen LogP contribution in [-0.2, 0) is 19.6 Å². The monoisotopic (exact) mass is 426 g/mol. The molecule has 0 aliphatic carbocycles. The third-order valence-electron chi connectivity index (χ3n) is 4.76. The molecular formula is C22H22N2O5S. The smallest absolute Gasteiger partial charge is 0.338 e. The summed E-state index contributed by atoms with van der Waals surface area (Å²) < 4.78 is 28.3. The average molecular weight is 426 g/mol. The van der Waals surface area contributed by atoms with Gasteiger partial charge in [-0.05, 0) is 43.0 Å². The maximum atomic E-state index is 12.8. The number of nitrogens with zero attached hydrogens (tertiary/aromatic N) is 1. The number of rotatable bonds is 6. The summed E-state index contributed by atoms with van der Waals surface area (Å²) in [5.41, 5.74) is 1.29. The molecule has 1 amide bonds. The molecule has 8 heteroatoms. The summed E-state index contributed by atoms with van der Waals surface area (Å²) in [6, 6.07) is 17.3. The fourth-order valence-electron chi connectivity index (χ4n) is 3.21. The lowest BCUT2D eigenvalue weighted by atomic mass is 10.1. The number of fused-ring (bicyclic) bond motifs is 1. The van der Waals surface area contributed by atoms with Gasteiger partial charge < -0.3 is 9.64 Å². The summed E-state index contributed by atoms with van der Waals surface area (Å²) in [6.45, 7) is 3.39. The standard InChI is InChI=1S/C22H22N2O5S/c1-3-24(20-10-6-8-16-7-4-5-9-18(16)20)21(25)14-29-22(26)19-13-17(30(23,27)28)12-11-15(19)2/h4-13H,3,14H2,1-2H3,(H2,23,27,28). The zero-order valence-corrected chi connectivity index (χ0v) is 17.5. The number of benzene rings is 3. The molecule has 0 spiro atoms. The summed E-state index contributed by atoms with van der Waals surface area (Å²) in [4.78, 5) is 26.6. The number of anilines is 1. The Morgan fingerprint density at radius 3 is 2.43 bits per heavy atom. The number of primary sulfonamides is 1. The first kappa shape index (κ1) is 21.5. The third kappa shape index (κ3) is 4.50. The molecule has 3 aromatic rings. The number of nitrogens with two attached hydrogens (primary N) is 1. The zero-order valence-electron chi connectivity index (χ0n) is 16.7. The van der Waals surface area contributed by atoms with Gasteiger partial charge in [-0.3, -0.25) is 4.79 Å². The van der Waals surface area contributed by atoms with E-state index in [1.54, 1.807) is 11.8 Å². The van der Waals surface area contributed by atoms with E-state index in [4.69, 9.17) is 9.88 Å². The first-order valence-corrected chi connectivity index (χ1v) is 10.9. The Kier molecular flexibility index (Phi) is 6.19. The maximum absolute atomic E-state index is 12.8. The molecule has 0 unspecified atom stereocenters. The van der Waals surface area contributed by atoms with Crippen LogP contribution in [0.5, 0.6) is 0 Å². The summed E-state index contributed by atoms with van der Waals surface area (Å²) in [6.07, 6.45) is 0. The van der Waals surface area contributed by atoms with Crippen LogP contribution in [0.2, 0.25) is 0 Å². The molecule has 0 atom stereocenters. The van der Waals surface area contributed by atoms with Crippen molar-refractivity contribution in [1.82, 2.24) is 0 Å². The number of ether oxygens (including phenoxy) is 1. The lowest BCUT2D eigenvalue weighted by Gasteiger charge is -2.22. The molecule has 0 saturated carbocycles. The summed E-state index contributed by atoms with van der Waals surface area (Å²) >= 11 is 0. The Hall–Kier alpha value is -3.23. The van der Waals surface area contributed by atoms with Crippen molar-refractivity contribution in [2.45, 2.75) is 18.7 Å². The minimum Gasteiger partial charge on any atom is -0.452 e. The van der Waals surface area contributed by atoms with E-state index in [1.807, 2.05) is 49.4 Å². The van der Waals surface area contributed by atoms with Crippen molar-refractivity contribution in [3.63, 3.8) is 0 Å². The van der Waals surface area contributed by atoms with Crippen molar-refractivity contribution in [2.24, 2.45) is 5.14 Å². The number of hydrogen-bond donors (Lipinski definition) is 1. The van der Waals surface area contributed by atoms with E-state index < -0.39 is 22.6 Å². The van der Waals surface area contributed by atoms with Crippen LogP contribution in [0.15, 0.2) is 65.6 Å². The molecule has 3 rings (SSSR count). The molecule has 0 aliphatic heterocycles. The number of sulfonamides is 1. The molecule has 0 bridgehead atoms. The highest BCUT2D eigenvalue weighted by Gasteiger charge is 2.20. The summed E-state index contributed by atoms with van der Waals surface area (Å²) in [7, 11) is -3.96. The average Bonchev–Trinajstić information content (AvgIpc) is 2.72. The lowest BCUT2D eigenvalue weighted by molar-refractivity contribution is -0.121. The topological polar surface area (TPSA) is 107 Å². The van der Waals surface area contributed by atoms with Crippen LogP contribution in [0.3, 0.4) is 0 Å². The van der Waals surface area contributed by atoms with E-state index in [0.29, 0.717) is 12.1 Å². The highest BCUT2D eigenvalue weighted by atomic mass is 32.2. The van der Waals surface area contributed by atoms with Crippen LogP contribution in [-0.4, -0.2) is 33.4 Å². The van der Waals surface area contributed by atoms with Gasteiger partial charge in [0, 0.05) is 11.9 Å². The Balaban J connectivity index is 1.80. The first-order valence-electron chi connectivity index (χ1n) is 9.31. The van der Waals surface area contributed by atoms with Gasteiger partial charge in [-0.25, -0.2) is 18.4 Å². The van der Waals surface area contributed by atoms with Crippen molar-refractivity contribution in [3.8, 4) is 0 Å². The van der Waals surface area contributed by atoms with Gasteiger partial charge in [-0.15, -0.1) is 0 Å². The summed E-state index contributed by atoms with van der Waals surface area (Å²) in [5, 5.41) is 7.03. The van der Waals surface area contributed by atoms with Crippen molar-refractivity contribution in [2.75, 3.05) is 18.1 Å². The molecule has 7 nitrogen and oxygen atoms in total. The molecule has 2 N–H and O–H groups in total. The van der Waals surface area contributed by atoms with Crippen LogP contribution < -0.4 is 10.0 Å². The Bertz CT molecular complexity index is 1220. The minimum atomic E-state index is -3.96. The number of aryl methyl sites for hydroxylation is 1. The SMILES string of the molecule is CCN(C(=O)COC(=O)c1cc(S(N)(=O)=O)ccc1C)c1cccc2ccccc12. The van der Waals surface area contributed by atoms with Gasteiger partial charge in [0.1, 0.15) is 0 Å². The van der Waals surface area contributed by atoms with Crippen LogP contribution in [0.4, 0.5) is 5.69 Å². The van der Waals surface area contributed by atoms with Gasteiger partial charge in [0.05, 0.1) is 16.1 Å². The molecule has 30 heavy (non-hydrogen) atoms. The van der Waals surface area contributed by atoms with E-state index >= 15 is 0 Å². The third-order valence-corrected chi connectivity index (χ3v) is 5.67. The Morgan fingerprint density at radius 2 is 1.73 bits per heavy atom. The van der Waals surface area contributed by atoms with E-state index in [0.717, 1.165) is 22.5 Å². The number of likely N-dealkylation sites (N-methyl/N-ethyl adjacent to an activating group) is 1. The fourth-order valence-corrected chi connectivity index (χ4v) is 3.75. The number of carbonyl (C=O) groups is 2. The molecule has 0 saturated heterocycles. The number of amides is 1. The second-order valence-corrected chi connectivity index (χ2v) is 8.30. The second-order valence-electron chi connectivity index (χ2n) is 6.73. The van der Waals surface area contributed by atoms with E-state index in [9.17, 15) is 18.0 Å². The fraction of sp³-hybridized carbons (Fsp3) is 0.182. The molecular weight excluding hydrogens is 404 g/mol. The van der Waals surface area contributed by atoms with Gasteiger partial charge in [0.25, 0.3) is 5.91 Å². The molecule has 0 aromatic heterocycles. The zero-order chi connectivity index (χ0) is 21.9. The maximum Gasteiger partial charge on any atom is 0.338 e. The van der Waals surface area contributed by atoms with E-state index in [-0.39, 0.29) is 16.4 Å². The lowest BCUT2D eigenvalue weighted by Crippen LogP contribution is -2.34. The molecule has 0 radical (unpaired) electrons. The Labute approximate surface area is 175 Å². The van der Waals surface area contributed by atoms with Gasteiger partial charge in [-0.1, -0.05) is 42.5 Å². The van der Waals surface area contributed by atoms with Crippen molar-refractivity contribution in [3.05, 3.63) is 71.8 Å². The van der Waals surface area contributed by atoms with Gasteiger partial charge in [-0.2, -0.15) is 0 Å². The quantitative estimate of drug-likeness (QED) is 0.610. The highest BCUT2D eigenvalue weighted by molar-refractivity contribution is 7.89.